The van der Waals surface area contributed by atoms with Crippen LogP contribution in [-0.4, -0.2) is 20.9 Å². The zero-order chi connectivity index (χ0) is 14.9. The molecule has 1 aromatic carbocycles. The highest BCUT2D eigenvalue weighted by Crippen LogP contribution is 2.28. The zero-order valence-electron chi connectivity index (χ0n) is 11.0. The summed E-state index contributed by atoms with van der Waals surface area (Å²) in [5.41, 5.74) is 1.44. The first-order valence-corrected chi connectivity index (χ1v) is 6.35. The molecule has 0 saturated carbocycles. The molecule has 0 aliphatic heterocycles. The number of aromatic carboxylic acids is 1. The highest BCUT2D eigenvalue weighted by atomic mass is 35.5. The molecule has 102 valence electrons. The first-order valence-electron chi connectivity index (χ1n) is 5.98. The summed E-state index contributed by atoms with van der Waals surface area (Å²) in [6.07, 6.45) is 0. The highest BCUT2D eigenvalue weighted by molar-refractivity contribution is 6.33. The van der Waals surface area contributed by atoms with Crippen molar-refractivity contribution in [3.63, 3.8) is 0 Å². The van der Waals surface area contributed by atoms with Crippen molar-refractivity contribution in [1.82, 2.24) is 9.78 Å². The second-order valence-corrected chi connectivity index (χ2v) is 4.94. The van der Waals surface area contributed by atoms with Crippen LogP contribution in [0.15, 0.2) is 24.3 Å². The van der Waals surface area contributed by atoms with Crippen LogP contribution in [0, 0.1) is 11.3 Å². The first-order chi connectivity index (χ1) is 9.45. The molecule has 5 nitrogen and oxygen atoms in total. The van der Waals surface area contributed by atoms with Gasteiger partial charge in [-0.2, -0.15) is 10.4 Å². The number of carbonyl (C=O) groups is 1. The molecule has 0 spiro atoms. The van der Waals surface area contributed by atoms with Gasteiger partial charge in [-0.25, -0.2) is 9.48 Å². The molecule has 0 aliphatic rings. The van der Waals surface area contributed by atoms with Crippen molar-refractivity contribution in [1.29, 1.82) is 5.26 Å². The third-order valence-electron chi connectivity index (χ3n) is 2.84. The summed E-state index contributed by atoms with van der Waals surface area (Å²) in [6.45, 7) is 3.70. The van der Waals surface area contributed by atoms with Gasteiger partial charge in [0.05, 0.1) is 23.0 Å². The van der Waals surface area contributed by atoms with Crippen LogP contribution < -0.4 is 0 Å². The number of nitriles is 1. The maximum absolute atomic E-state index is 11.3. The van der Waals surface area contributed by atoms with Crippen LogP contribution in [0.2, 0.25) is 5.15 Å². The van der Waals surface area contributed by atoms with Gasteiger partial charge in [0, 0.05) is 0 Å². The number of hydrogen-bond donors (Lipinski definition) is 1. The first kappa shape index (κ1) is 14.1. The number of rotatable bonds is 3. The fourth-order valence-electron chi connectivity index (χ4n) is 1.89. The average Bonchev–Trinajstić information content (AvgIpc) is 2.77. The van der Waals surface area contributed by atoms with E-state index in [2.05, 4.69) is 5.10 Å². The molecule has 0 unspecified atom stereocenters. The Morgan fingerprint density at radius 3 is 2.70 bits per heavy atom. The third-order valence-corrected chi connectivity index (χ3v) is 3.19. The zero-order valence-corrected chi connectivity index (χ0v) is 11.7. The summed E-state index contributed by atoms with van der Waals surface area (Å²) in [5, 5.41) is 22.5. The van der Waals surface area contributed by atoms with Crippen LogP contribution in [0.5, 0.6) is 0 Å². The lowest BCUT2D eigenvalue weighted by molar-refractivity contribution is 0.0695. The lowest BCUT2D eigenvalue weighted by Crippen LogP contribution is -2.01. The van der Waals surface area contributed by atoms with E-state index in [1.54, 1.807) is 24.3 Å². The maximum atomic E-state index is 11.3. The topological polar surface area (TPSA) is 78.9 Å². The van der Waals surface area contributed by atoms with Crippen molar-refractivity contribution in [3.05, 3.63) is 46.2 Å². The van der Waals surface area contributed by atoms with Crippen molar-refractivity contribution < 1.29 is 9.90 Å². The van der Waals surface area contributed by atoms with Gasteiger partial charge in [-0.05, 0) is 24.1 Å². The van der Waals surface area contributed by atoms with E-state index in [0.717, 1.165) is 0 Å². The smallest absolute Gasteiger partial charge is 0.340 e. The second-order valence-electron chi connectivity index (χ2n) is 4.58. The van der Waals surface area contributed by atoms with Crippen molar-refractivity contribution in [3.8, 4) is 11.8 Å². The molecule has 0 fully saturated rings. The summed E-state index contributed by atoms with van der Waals surface area (Å²) in [6, 6.07) is 8.70. The molecular formula is C14H12ClN3O2. The van der Waals surface area contributed by atoms with Gasteiger partial charge in [0.25, 0.3) is 0 Å². The molecule has 0 amide bonds. The van der Waals surface area contributed by atoms with Gasteiger partial charge in [0.1, 0.15) is 10.7 Å². The molecule has 0 atom stereocenters. The van der Waals surface area contributed by atoms with Crippen LogP contribution in [0.1, 0.15) is 41.4 Å². The van der Waals surface area contributed by atoms with Crippen LogP contribution in [-0.2, 0) is 0 Å². The molecule has 1 N–H and O–H groups in total. The minimum absolute atomic E-state index is 0.00373. The summed E-state index contributed by atoms with van der Waals surface area (Å²) in [5.74, 6) is -1.18. The van der Waals surface area contributed by atoms with Crippen molar-refractivity contribution in [2.24, 2.45) is 0 Å². The Labute approximate surface area is 121 Å². The van der Waals surface area contributed by atoms with E-state index in [-0.39, 0.29) is 16.6 Å². The Morgan fingerprint density at radius 1 is 1.50 bits per heavy atom. The van der Waals surface area contributed by atoms with Crippen molar-refractivity contribution in [2.75, 3.05) is 0 Å². The molecule has 0 aliphatic carbocycles. The number of carboxylic acid groups (broad SMARTS) is 1. The summed E-state index contributed by atoms with van der Waals surface area (Å²) in [7, 11) is 0. The fourth-order valence-corrected chi connectivity index (χ4v) is 2.21. The van der Waals surface area contributed by atoms with Gasteiger partial charge in [0.2, 0.25) is 0 Å². The van der Waals surface area contributed by atoms with Gasteiger partial charge in [-0.3, -0.25) is 0 Å². The summed E-state index contributed by atoms with van der Waals surface area (Å²) in [4.78, 5) is 11.3. The fraction of sp³-hybridized carbons (Fsp3) is 0.214. The number of aromatic nitrogens is 2. The van der Waals surface area contributed by atoms with Crippen LogP contribution in [0.3, 0.4) is 0 Å². The minimum Gasteiger partial charge on any atom is -0.478 e. The van der Waals surface area contributed by atoms with E-state index in [4.69, 9.17) is 16.9 Å². The molecule has 2 aromatic rings. The standard InChI is InChI=1S/C14H12ClN3O2/c1-8(2)12-11(14(19)20)13(15)18(17-12)10-5-3-4-9(6-10)7-16/h3-6,8H,1-2H3,(H,19,20). The maximum Gasteiger partial charge on any atom is 0.340 e. The van der Waals surface area contributed by atoms with Gasteiger partial charge in [-0.15, -0.1) is 0 Å². The summed E-state index contributed by atoms with van der Waals surface area (Å²) < 4.78 is 1.35. The lowest BCUT2D eigenvalue weighted by Gasteiger charge is -2.03. The number of carboxylic acids is 1. The van der Waals surface area contributed by atoms with Crippen LogP contribution in [0.4, 0.5) is 0 Å². The predicted octanol–water partition coefficient (Wildman–Crippen LogP) is 3.22. The molecular weight excluding hydrogens is 278 g/mol. The van der Waals surface area contributed by atoms with Crippen LogP contribution >= 0.6 is 11.6 Å². The van der Waals surface area contributed by atoms with Gasteiger partial charge >= 0.3 is 5.97 Å². The second kappa shape index (κ2) is 5.35. The molecule has 1 aromatic heterocycles. The minimum atomic E-state index is -1.11. The van der Waals surface area contributed by atoms with Crippen molar-refractivity contribution >= 4 is 17.6 Å². The Bertz CT molecular complexity index is 714. The van der Waals surface area contributed by atoms with Crippen LogP contribution in [0.25, 0.3) is 5.69 Å². The van der Waals surface area contributed by atoms with Crippen molar-refractivity contribution in [2.45, 2.75) is 19.8 Å². The quantitative estimate of drug-likeness (QED) is 0.941. The largest absolute Gasteiger partial charge is 0.478 e. The van der Waals surface area contributed by atoms with E-state index in [1.165, 1.54) is 4.68 Å². The molecule has 1 heterocycles. The summed E-state index contributed by atoms with van der Waals surface area (Å²) >= 11 is 6.14. The lowest BCUT2D eigenvalue weighted by atomic mass is 10.1. The van der Waals surface area contributed by atoms with E-state index in [1.807, 2.05) is 19.9 Å². The molecule has 2 rings (SSSR count). The predicted molar refractivity (Wildman–Crippen MR) is 74.3 cm³/mol. The molecule has 0 bridgehead atoms. The van der Waals surface area contributed by atoms with Gasteiger partial charge in [-0.1, -0.05) is 31.5 Å². The number of nitrogens with zero attached hydrogens (tertiary/aromatic N) is 3. The molecule has 0 radical (unpaired) electrons. The Kier molecular flexibility index (Phi) is 3.77. The number of halogens is 1. The van der Waals surface area contributed by atoms with Gasteiger partial charge < -0.3 is 5.11 Å². The highest BCUT2D eigenvalue weighted by Gasteiger charge is 2.24. The SMILES string of the molecule is CC(C)c1nn(-c2cccc(C#N)c2)c(Cl)c1C(=O)O. The Hall–Kier alpha value is -2.32. The Balaban J connectivity index is 2.66. The molecule has 6 heteroatoms. The Morgan fingerprint density at radius 2 is 2.20 bits per heavy atom. The monoisotopic (exact) mass is 289 g/mol. The van der Waals surface area contributed by atoms with E-state index >= 15 is 0 Å². The number of hydrogen-bond acceptors (Lipinski definition) is 3. The third kappa shape index (κ3) is 2.38. The van der Waals surface area contributed by atoms with E-state index in [0.29, 0.717) is 16.9 Å². The average molecular weight is 290 g/mol. The molecule has 20 heavy (non-hydrogen) atoms. The van der Waals surface area contributed by atoms with Gasteiger partial charge in [0.15, 0.2) is 0 Å². The van der Waals surface area contributed by atoms with E-state index < -0.39 is 5.97 Å². The normalized spacial score (nSPS) is 10.6. The molecule has 0 saturated heterocycles. The number of benzene rings is 1. The van der Waals surface area contributed by atoms with E-state index in [9.17, 15) is 9.90 Å².